The van der Waals surface area contributed by atoms with E-state index in [0.717, 1.165) is 19.3 Å². The summed E-state index contributed by atoms with van der Waals surface area (Å²) in [6.45, 7) is 14.0. The number of ether oxygens (including phenoxy) is 1. The summed E-state index contributed by atoms with van der Waals surface area (Å²) in [4.78, 5) is 11.9. The molecule has 1 fully saturated rings. The highest BCUT2D eigenvalue weighted by Crippen LogP contribution is 2.26. The monoisotopic (exact) mass is 286 g/mol. The number of carbonyl (C=O) groups excluding carboxylic acids is 1. The van der Waals surface area contributed by atoms with E-state index in [4.69, 9.17) is 4.74 Å². The summed E-state index contributed by atoms with van der Waals surface area (Å²) in [6, 6.07) is 0. The first-order chi connectivity index (χ1) is 9.56. The van der Waals surface area contributed by atoms with Gasteiger partial charge in [0, 0.05) is 0 Å². The predicted octanol–water partition coefficient (Wildman–Crippen LogP) is 6.13. The zero-order valence-electron chi connectivity index (χ0n) is 15.1. The summed E-state index contributed by atoms with van der Waals surface area (Å²) in [6.07, 6.45) is 9.51. The molecule has 1 rings (SSSR count). The van der Waals surface area contributed by atoms with Crippen LogP contribution in [0.2, 0.25) is 0 Å². The first kappa shape index (κ1) is 21.8. The van der Waals surface area contributed by atoms with Gasteiger partial charge >= 0.3 is 5.97 Å². The molecule has 0 radical (unpaired) electrons. The number of esters is 1. The molecule has 0 heterocycles. The van der Waals surface area contributed by atoms with Crippen LogP contribution in [-0.2, 0) is 9.53 Å². The summed E-state index contributed by atoms with van der Waals surface area (Å²) in [5, 5.41) is 0. The fraction of sp³-hybridized carbons (Fsp3) is 0.944. The van der Waals surface area contributed by atoms with Crippen molar-refractivity contribution in [3.63, 3.8) is 0 Å². The summed E-state index contributed by atoms with van der Waals surface area (Å²) in [7, 11) is 0. The van der Waals surface area contributed by atoms with E-state index in [1.54, 1.807) is 0 Å². The van der Waals surface area contributed by atoms with Crippen molar-refractivity contribution < 1.29 is 9.53 Å². The van der Waals surface area contributed by atoms with E-state index in [-0.39, 0.29) is 17.5 Å². The molecule has 1 saturated carbocycles. The molecular weight excluding hydrogens is 248 g/mol. The van der Waals surface area contributed by atoms with Crippen molar-refractivity contribution in [2.45, 2.75) is 106 Å². The molecular formula is C18H38O2. The van der Waals surface area contributed by atoms with Crippen LogP contribution < -0.4 is 0 Å². The Morgan fingerprint density at radius 3 is 1.75 bits per heavy atom. The van der Waals surface area contributed by atoms with Crippen LogP contribution in [0.1, 0.15) is 99.8 Å². The van der Waals surface area contributed by atoms with Crippen molar-refractivity contribution in [1.82, 2.24) is 0 Å². The van der Waals surface area contributed by atoms with Crippen LogP contribution in [0.15, 0.2) is 0 Å². The molecule has 0 bridgehead atoms. The standard InChI is InChI=1S/C14H26O2.2C2H6/c1-4-14(2,3)13(15)16-12-10-8-6-5-7-9-11-12;2*1-2/h12H,4-11H2,1-3H3;2*1-2H3. The smallest absolute Gasteiger partial charge is 0.311 e. The maximum Gasteiger partial charge on any atom is 0.311 e. The van der Waals surface area contributed by atoms with Gasteiger partial charge in [-0.3, -0.25) is 4.79 Å². The van der Waals surface area contributed by atoms with Gasteiger partial charge in [0.25, 0.3) is 0 Å². The minimum atomic E-state index is -0.317. The molecule has 2 heteroatoms. The zero-order chi connectivity index (χ0) is 16.0. The summed E-state index contributed by atoms with van der Waals surface area (Å²) < 4.78 is 5.64. The van der Waals surface area contributed by atoms with Gasteiger partial charge in [0.1, 0.15) is 6.10 Å². The van der Waals surface area contributed by atoms with Crippen molar-refractivity contribution >= 4 is 5.97 Å². The lowest BCUT2D eigenvalue weighted by molar-refractivity contribution is -0.160. The van der Waals surface area contributed by atoms with Crippen LogP contribution in [0.4, 0.5) is 0 Å². The number of hydrogen-bond donors (Lipinski definition) is 0. The molecule has 0 spiro atoms. The predicted molar refractivity (Wildman–Crippen MR) is 89.0 cm³/mol. The fourth-order valence-electron chi connectivity index (χ4n) is 1.99. The molecule has 122 valence electrons. The minimum absolute atomic E-state index is 0.0134. The Labute approximate surface area is 127 Å². The van der Waals surface area contributed by atoms with Crippen LogP contribution in [0.25, 0.3) is 0 Å². The first-order valence-corrected chi connectivity index (χ1v) is 8.77. The molecule has 1 aliphatic rings. The van der Waals surface area contributed by atoms with Gasteiger partial charge in [-0.25, -0.2) is 0 Å². The highest BCUT2D eigenvalue weighted by Gasteiger charge is 2.29. The van der Waals surface area contributed by atoms with E-state index in [9.17, 15) is 4.79 Å². The molecule has 0 aromatic rings. The SMILES string of the molecule is CC.CC.CCC(C)(C)C(=O)OC1CCCCCCC1. The van der Waals surface area contributed by atoms with Gasteiger partial charge < -0.3 is 4.74 Å². The van der Waals surface area contributed by atoms with Gasteiger partial charge in [0.15, 0.2) is 0 Å². The lowest BCUT2D eigenvalue weighted by atomic mass is 9.90. The maximum absolute atomic E-state index is 11.9. The quantitative estimate of drug-likeness (QED) is 0.583. The Morgan fingerprint density at radius 2 is 1.35 bits per heavy atom. The topological polar surface area (TPSA) is 26.3 Å². The van der Waals surface area contributed by atoms with Crippen LogP contribution in [0.3, 0.4) is 0 Å². The second-order valence-corrected chi connectivity index (χ2v) is 5.61. The number of hydrogen-bond acceptors (Lipinski definition) is 2. The average molecular weight is 287 g/mol. The first-order valence-electron chi connectivity index (χ1n) is 8.77. The minimum Gasteiger partial charge on any atom is -0.462 e. The van der Waals surface area contributed by atoms with E-state index in [1.165, 1.54) is 32.1 Å². The average Bonchev–Trinajstić information content (AvgIpc) is 2.45. The van der Waals surface area contributed by atoms with Crippen LogP contribution in [-0.4, -0.2) is 12.1 Å². The largest absolute Gasteiger partial charge is 0.462 e. The Kier molecular flexibility index (Phi) is 14.6. The van der Waals surface area contributed by atoms with E-state index >= 15 is 0 Å². The molecule has 0 unspecified atom stereocenters. The molecule has 1 aliphatic carbocycles. The Morgan fingerprint density at radius 1 is 0.950 bits per heavy atom. The molecule has 0 atom stereocenters. The van der Waals surface area contributed by atoms with E-state index in [2.05, 4.69) is 0 Å². The van der Waals surface area contributed by atoms with Gasteiger partial charge in [-0.1, -0.05) is 53.9 Å². The lowest BCUT2D eigenvalue weighted by Crippen LogP contribution is -2.30. The Balaban J connectivity index is 0. The van der Waals surface area contributed by atoms with E-state index in [0.29, 0.717) is 0 Å². The van der Waals surface area contributed by atoms with Gasteiger partial charge in [-0.15, -0.1) is 0 Å². The van der Waals surface area contributed by atoms with Gasteiger partial charge in [0.2, 0.25) is 0 Å². The molecule has 0 amide bonds. The van der Waals surface area contributed by atoms with Crippen molar-refractivity contribution in [2.75, 3.05) is 0 Å². The van der Waals surface area contributed by atoms with Crippen molar-refractivity contribution in [3.05, 3.63) is 0 Å². The molecule has 0 aromatic carbocycles. The van der Waals surface area contributed by atoms with Crippen molar-refractivity contribution in [3.8, 4) is 0 Å². The number of rotatable bonds is 3. The van der Waals surface area contributed by atoms with Crippen LogP contribution in [0.5, 0.6) is 0 Å². The second kappa shape index (κ2) is 13.5. The maximum atomic E-state index is 11.9. The Bertz CT molecular complexity index is 213. The molecule has 20 heavy (non-hydrogen) atoms. The molecule has 0 N–H and O–H groups in total. The third-order valence-corrected chi connectivity index (χ3v) is 3.76. The van der Waals surface area contributed by atoms with E-state index < -0.39 is 0 Å². The zero-order valence-corrected chi connectivity index (χ0v) is 15.1. The van der Waals surface area contributed by atoms with E-state index in [1.807, 2.05) is 48.5 Å². The third kappa shape index (κ3) is 9.39. The van der Waals surface area contributed by atoms with Crippen molar-refractivity contribution in [2.24, 2.45) is 5.41 Å². The van der Waals surface area contributed by atoms with Gasteiger partial charge in [0.05, 0.1) is 5.41 Å². The number of carbonyl (C=O) groups is 1. The van der Waals surface area contributed by atoms with Crippen LogP contribution in [0, 0.1) is 5.41 Å². The third-order valence-electron chi connectivity index (χ3n) is 3.76. The Hall–Kier alpha value is -0.530. The van der Waals surface area contributed by atoms with Gasteiger partial charge in [-0.2, -0.15) is 0 Å². The fourth-order valence-corrected chi connectivity index (χ4v) is 1.99. The normalized spacial score (nSPS) is 16.6. The lowest BCUT2D eigenvalue weighted by Gasteiger charge is -2.26. The summed E-state index contributed by atoms with van der Waals surface area (Å²) in [5.41, 5.74) is -0.317. The molecule has 0 aliphatic heterocycles. The van der Waals surface area contributed by atoms with Gasteiger partial charge in [-0.05, 0) is 46.0 Å². The molecule has 0 aromatic heterocycles. The highest BCUT2D eigenvalue weighted by molar-refractivity contribution is 5.75. The summed E-state index contributed by atoms with van der Waals surface area (Å²) in [5.74, 6) is -0.0134. The second-order valence-electron chi connectivity index (χ2n) is 5.61. The molecule has 2 nitrogen and oxygen atoms in total. The molecule has 0 saturated heterocycles. The summed E-state index contributed by atoms with van der Waals surface area (Å²) >= 11 is 0. The van der Waals surface area contributed by atoms with Crippen LogP contribution >= 0.6 is 0 Å². The highest BCUT2D eigenvalue weighted by atomic mass is 16.5. The van der Waals surface area contributed by atoms with Crippen molar-refractivity contribution in [1.29, 1.82) is 0 Å².